The first kappa shape index (κ1) is 9.83. The molecule has 4 saturated heterocycles. The van der Waals surface area contributed by atoms with Crippen LogP contribution >= 0.6 is 0 Å². The fraction of sp³-hybridized carbons (Fsp3) is 1.00. The number of rotatable bonds is 1. The number of hydrogen-bond acceptors (Lipinski definition) is 4. The van der Waals surface area contributed by atoms with Gasteiger partial charge in [0, 0.05) is 25.2 Å². The molecule has 4 aliphatic heterocycles. The SMILES string of the molecule is CN1C[C@]2(C3O[C@@H]4C[C@H]3N(C)C4)C[C@H]1CO2. The van der Waals surface area contributed by atoms with E-state index in [1.807, 2.05) is 0 Å². The van der Waals surface area contributed by atoms with Crippen LogP contribution < -0.4 is 0 Å². The lowest BCUT2D eigenvalue weighted by Crippen LogP contribution is -2.57. The highest BCUT2D eigenvalue weighted by Gasteiger charge is 2.61. The van der Waals surface area contributed by atoms with Crippen LogP contribution in [-0.2, 0) is 9.47 Å². The van der Waals surface area contributed by atoms with Gasteiger partial charge in [-0.05, 0) is 26.9 Å². The third kappa shape index (κ3) is 1.09. The van der Waals surface area contributed by atoms with Crippen LogP contribution in [0, 0.1) is 0 Å². The molecule has 4 fully saturated rings. The van der Waals surface area contributed by atoms with Gasteiger partial charge >= 0.3 is 0 Å². The molecule has 4 bridgehead atoms. The number of nitrogens with zero attached hydrogens (tertiary/aromatic N) is 2. The molecule has 16 heavy (non-hydrogen) atoms. The van der Waals surface area contributed by atoms with E-state index in [1.165, 1.54) is 12.8 Å². The minimum atomic E-state index is 0.00745. The zero-order valence-corrected chi connectivity index (χ0v) is 10.1. The highest BCUT2D eigenvalue weighted by atomic mass is 16.6. The molecule has 4 heteroatoms. The van der Waals surface area contributed by atoms with E-state index in [0.717, 1.165) is 19.7 Å². The second kappa shape index (κ2) is 2.99. The fourth-order valence-corrected chi connectivity index (χ4v) is 4.22. The van der Waals surface area contributed by atoms with Crippen molar-refractivity contribution in [1.29, 1.82) is 0 Å². The summed E-state index contributed by atoms with van der Waals surface area (Å²) in [4.78, 5) is 4.90. The van der Waals surface area contributed by atoms with Gasteiger partial charge in [0.1, 0.15) is 11.7 Å². The Kier molecular flexibility index (Phi) is 1.84. The van der Waals surface area contributed by atoms with Crippen LogP contribution in [0.15, 0.2) is 0 Å². The molecule has 0 N–H and O–H groups in total. The van der Waals surface area contributed by atoms with Crippen molar-refractivity contribution in [2.45, 2.75) is 42.7 Å². The Morgan fingerprint density at radius 2 is 2.12 bits per heavy atom. The van der Waals surface area contributed by atoms with E-state index in [-0.39, 0.29) is 5.60 Å². The second-order valence-corrected chi connectivity index (χ2v) is 6.07. The predicted octanol–water partition coefficient (Wildman–Crippen LogP) is -0.0690. The van der Waals surface area contributed by atoms with Crippen LogP contribution in [0.25, 0.3) is 0 Å². The number of ether oxygens (including phenoxy) is 2. The van der Waals surface area contributed by atoms with Gasteiger partial charge in [0.25, 0.3) is 0 Å². The largest absolute Gasteiger partial charge is 0.369 e. The van der Waals surface area contributed by atoms with Crippen LogP contribution in [0.4, 0.5) is 0 Å². The number of morpholine rings is 2. The lowest BCUT2D eigenvalue weighted by atomic mass is 9.90. The molecular weight excluding hydrogens is 204 g/mol. The highest BCUT2D eigenvalue weighted by molar-refractivity contribution is 5.13. The first-order valence-electron chi connectivity index (χ1n) is 6.38. The summed E-state index contributed by atoms with van der Waals surface area (Å²) in [6, 6.07) is 1.23. The molecule has 1 unspecified atom stereocenters. The summed E-state index contributed by atoms with van der Waals surface area (Å²) >= 11 is 0. The van der Waals surface area contributed by atoms with E-state index >= 15 is 0 Å². The maximum atomic E-state index is 6.19. The second-order valence-electron chi connectivity index (χ2n) is 6.07. The van der Waals surface area contributed by atoms with E-state index in [0.29, 0.717) is 24.3 Å². The molecule has 0 aromatic rings. The van der Waals surface area contributed by atoms with Gasteiger partial charge in [-0.15, -0.1) is 0 Å². The zero-order chi connectivity index (χ0) is 10.9. The Bertz CT molecular complexity index is 320. The third-order valence-electron chi connectivity index (χ3n) is 5.05. The topological polar surface area (TPSA) is 24.9 Å². The molecule has 0 aliphatic carbocycles. The van der Waals surface area contributed by atoms with Crippen molar-refractivity contribution in [3.05, 3.63) is 0 Å². The van der Waals surface area contributed by atoms with Gasteiger partial charge in [-0.2, -0.15) is 0 Å². The van der Waals surface area contributed by atoms with Crippen molar-refractivity contribution < 1.29 is 9.47 Å². The predicted molar refractivity (Wildman–Crippen MR) is 59.4 cm³/mol. The average Bonchev–Trinajstić information content (AvgIpc) is 2.92. The van der Waals surface area contributed by atoms with Gasteiger partial charge in [0.2, 0.25) is 0 Å². The lowest BCUT2D eigenvalue weighted by Gasteiger charge is -2.41. The standard InChI is InChI=1S/C12H20N2O2/c1-13-5-9-3-10(13)11(16-9)12-4-8(6-15-12)14(2)7-12/h8-11H,3-7H2,1-2H3/t8-,9+,10+,11?,12-/m0/s1. The quantitative estimate of drug-likeness (QED) is 0.622. The Hall–Kier alpha value is -0.160. The minimum absolute atomic E-state index is 0.00745. The van der Waals surface area contributed by atoms with E-state index in [1.54, 1.807) is 0 Å². The summed E-state index contributed by atoms with van der Waals surface area (Å²) in [5, 5.41) is 0. The summed E-state index contributed by atoms with van der Waals surface area (Å²) < 4.78 is 12.3. The summed E-state index contributed by atoms with van der Waals surface area (Å²) in [6.45, 7) is 3.06. The van der Waals surface area contributed by atoms with Crippen molar-refractivity contribution in [2.75, 3.05) is 33.8 Å². The summed E-state index contributed by atoms with van der Waals surface area (Å²) in [5.41, 5.74) is 0.00745. The Morgan fingerprint density at radius 3 is 2.69 bits per heavy atom. The van der Waals surface area contributed by atoms with Crippen molar-refractivity contribution in [3.8, 4) is 0 Å². The molecule has 0 spiro atoms. The van der Waals surface area contributed by atoms with Crippen molar-refractivity contribution >= 4 is 0 Å². The molecule has 4 heterocycles. The average molecular weight is 224 g/mol. The number of fused-ring (bicyclic) bond motifs is 4. The normalized spacial score (nSPS) is 56.6. The van der Waals surface area contributed by atoms with Gasteiger partial charge < -0.3 is 9.47 Å². The number of likely N-dealkylation sites (N-methyl/N-ethyl adjacent to an activating group) is 2. The molecule has 4 rings (SSSR count). The maximum absolute atomic E-state index is 6.19. The Balaban J connectivity index is 1.63. The van der Waals surface area contributed by atoms with Crippen molar-refractivity contribution in [1.82, 2.24) is 9.80 Å². The van der Waals surface area contributed by atoms with Gasteiger partial charge in [0.15, 0.2) is 0 Å². The van der Waals surface area contributed by atoms with E-state index in [9.17, 15) is 0 Å². The van der Waals surface area contributed by atoms with Crippen LogP contribution in [0.2, 0.25) is 0 Å². The first-order valence-corrected chi connectivity index (χ1v) is 6.38. The van der Waals surface area contributed by atoms with E-state index < -0.39 is 0 Å². The lowest BCUT2D eigenvalue weighted by molar-refractivity contribution is -0.159. The highest BCUT2D eigenvalue weighted by Crippen LogP contribution is 2.47. The van der Waals surface area contributed by atoms with Crippen molar-refractivity contribution in [3.63, 3.8) is 0 Å². The van der Waals surface area contributed by atoms with Gasteiger partial charge in [-0.3, -0.25) is 9.80 Å². The molecule has 4 nitrogen and oxygen atoms in total. The Morgan fingerprint density at radius 1 is 1.25 bits per heavy atom. The van der Waals surface area contributed by atoms with Crippen LogP contribution in [0.5, 0.6) is 0 Å². The fourth-order valence-electron chi connectivity index (χ4n) is 4.22. The third-order valence-corrected chi connectivity index (χ3v) is 5.05. The first-order chi connectivity index (χ1) is 7.68. The molecule has 90 valence electrons. The van der Waals surface area contributed by atoms with Gasteiger partial charge in [0.05, 0.1) is 12.7 Å². The number of likely N-dealkylation sites (tertiary alicyclic amines) is 2. The monoisotopic (exact) mass is 224 g/mol. The summed E-state index contributed by atoms with van der Waals surface area (Å²) in [5.74, 6) is 0. The number of hydrogen-bond donors (Lipinski definition) is 0. The summed E-state index contributed by atoms with van der Waals surface area (Å²) in [7, 11) is 4.44. The van der Waals surface area contributed by atoms with Crippen LogP contribution in [0.3, 0.4) is 0 Å². The van der Waals surface area contributed by atoms with Gasteiger partial charge in [-0.25, -0.2) is 0 Å². The smallest absolute Gasteiger partial charge is 0.110 e. The van der Waals surface area contributed by atoms with Crippen LogP contribution in [0.1, 0.15) is 12.8 Å². The van der Waals surface area contributed by atoms with Crippen LogP contribution in [-0.4, -0.2) is 73.5 Å². The van der Waals surface area contributed by atoms with Crippen molar-refractivity contribution in [2.24, 2.45) is 0 Å². The van der Waals surface area contributed by atoms with E-state index in [4.69, 9.17) is 9.47 Å². The molecular formula is C12H20N2O2. The molecule has 0 saturated carbocycles. The molecule has 5 atom stereocenters. The minimum Gasteiger partial charge on any atom is -0.369 e. The molecule has 0 aromatic heterocycles. The molecule has 0 amide bonds. The van der Waals surface area contributed by atoms with E-state index in [2.05, 4.69) is 23.9 Å². The van der Waals surface area contributed by atoms with Gasteiger partial charge in [-0.1, -0.05) is 0 Å². The molecule has 0 aromatic carbocycles. The molecule has 0 radical (unpaired) electrons. The summed E-state index contributed by atoms with van der Waals surface area (Å²) in [6.07, 6.45) is 3.15. The Labute approximate surface area is 96.5 Å². The zero-order valence-electron chi connectivity index (χ0n) is 10.1. The molecule has 4 aliphatic rings. The maximum Gasteiger partial charge on any atom is 0.110 e.